The molecular weight excluding hydrogens is 250 g/mol. The number of rotatable bonds is 2. The number of hydrogen-bond donors (Lipinski definition) is 1. The maximum Gasteiger partial charge on any atom is 0.323 e. The van der Waals surface area contributed by atoms with Gasteiger partial charge in [0.1, 0.15) is 0 Å². The number of urea groups is 1. The lowest BCUT2D eigenvalue weighted by molar-refractivity contribution is 0.220. The Balaban J connectivity index is 1.60. The van der Waals surface area contributed by atoms with Gasteiger partial charge >= 0.3 is 6.03 Å². The maximum absolute atomic E-state index is 12.0. The van der Waals surface area contributed by atoms with Gasteiger partial charge in [0.25, 0.3) is 0 Å². The van der Waals surface area contributed by atoms with Crippen molar-refractivity contribution in [3.8, 4) is 0 Å². The van der Waals surface area contributed by atoms with Gasteiger partial charge in [-0.25, -0.2) is 9.78 Å². The van der Waals surface area contributed by atoms with Gasteiger partial charge in [0.15, 0.2) is 5.13 Å². The van der Waals surface area contributed by atoms with E-state index in [2.05, 4.69) is 15.4 Å². The fourth-order valence-corrected chi connectivity index (χ4v) is 2.61. The van der Waals surface area contributed by atoms with Crippen LogP contribution in [0.5, 0.6) is 0 Å². The second-order valence-electron chi connectivity index (χ2n) is 4.14. The highest BCUT2D eigenvalue weighted by Crippen LogP contribution is 2.21. The molecule has 0 aromatic carbocycles. The summed E-state index contributed by atoms with van der Waals surface area (Å²) < 4.78 is 1.91. The predicted molar refractivity (Wildman–Crippen MR) is 68.6 cm³/mol. The molecule has 0 radical (unpaired) electrons. The number of thiazole rings is 1. The lowest BCUT2D eigenvalue weighted by Gasteiger charge is -2.16. The number of carbonyl (C=O) groups excluding carboxylic acids is 1. The van der Waals surface area contributed by atoms with E-state index in [0.29, 0.717) is 11.7 Å². The predicted octanol–water partition coefficient (Wildman–Crippen LogP) is 1.82. The van der Waals surface area contributed by atoms with Crippen LogP contribution in [0, 0.1) is 0 Å². The number of amides is 2. The molecule has 6 nitrogen and oxygen atoms in total. The second-order valence-corrected chi connectivity index (χ2v) is 5.04. The molecule has 2 aromatic rings. The zero-order chi connectivity index (χ0) is 12.4. The molecule has 1 unspecified atom stereocenters. The molecule has 2 aromatic heterocycles. The Bertz CT molecular complexity index is 510. The van der Waals surface area contributed by atoms with Crippen molar-refractivity contribution in [1.82, 2.24) is 19.7 Å². The van der Waals surface area contributed by atoms with E-state index in [-0.39, 0.29) is 12.1 Å². The molecule has 7 heteroatoms. The summed E-state index contributed by atoms with van der Waals surface area (Å²) in [4.78, 5) is 17.8. The fraction of sp³-hybridized carbons (Fsp3) is 0.364. The molecular formula is C11H13N5OS. The monoisotopic (exact) mass is 263 g/mol. The second kappa shape index (κ2) is 4.77. The lowest BCUT2D eigenvalue weighted by atomic mass is 10.3. The molecule has 0 spiro atoms. The number of hydrogen-bond acceptors (Lipinski definition) is 4. The minimum absolute atomic E-state index is 0.0837. The third kappa shape index (κ3) is 2.21. The molecule has 1 aliphatic heterocycles. The molecule has 0 aliphatic carbocycles. The molecule has 0 saturated carbocycles. The SMILES string of the molecule is O=C(Nc1nccs1)N1CCC(n2cccn2)C1. The third-order valence-electron chi connectivity index (χ3n) is 3.00. The van der Waals surface area contributed by atoms with Crippen LogP contribution in [0.2, 0.25) is 0 Å². The van der Waals surface area contributed by atoms with Crippen molar-refractivity contribution in [3.05, 3.63) is 30.0 Å². The van der Waals surface area contributed by atoms with Crippen molar-refractivity contribution < 1.29 is 4.79 Å². The van der Waals surface area contributed by atoms with E-state index in [0.717, 1.165) is 13.0 Å². The normalized spacial score (nSPS) is 19.1. The molecule has 3 heterocycles. The molecule has 1 saturated heterocycles. The summed E-state index contributed by atoms with van der Waals surface area (Å²) in [6, 6.07) is 2.10. The van der Waals surface area contributed by atoms with Crippen LogP contribution >= 0.6 is 11.3 Å². The van der Waals surface area contributed by atoms with Crippen LogP contribution in [-0.4, -0.2) is 38.8 Å². The zero-order valence-electron chi connectivity index (χ0n) is 9.69. The molecule has 3 rings (SSSR count). The van der Waals surface area contributed by atoms with Gasteiger partial charge in [-0.1, -0.05) is 0 Å². The Hall–Kier alpha value is -1.89. The first kappa shape index (κ1) is 11.2. The van der Waals surface area contributed by atoms with Crippen LogP contribution in [-0.2, 0) is 0 Å². The van der Waals surface area contributed by atoms with Gasteiger partial charge in [-0.3, -0.25) is 10.00 Å². The number of aromatic nitrogens is 3. The summed E-state index contributed by atoms with van der Waals surface area (Å²) in [5, 5.41) is 9.49. The minimum Gasteiger partial charge on any atom is -0.322 e. The van der Waals surface area contributed by atoms with Crippen LogP contribution in [0.1, 0.15) is 12.5 Å². The van der Waals surface area contributed by atoms with Crippen molar-refractivity contribution in [2.75, 3.05) is 18.4 Å². The van der Waals surface area contributed by atoms with Gasteiger partial charge in [-0.15, -0.1) is 11.3 Å². The van der Waals surface area contributed by atoms with Crippen molar-refractivity contribution in [1.29, 1.82) is 0 Å². The van der Waals surface area contributed by atoms with Gasteiger partial charge < -0.3 is 4.90 Å². The Kier molecular flexibility index (Phi) is 2.97. The summed E-state index contributed by atoms with van der Waals surface area (Å²) in [5.41, 5.74) is 0. The number of likely N-dealkylation sites (tertiary alicyclic amines) is 1. The maximum atomic E-state index is 12.0. The summed E-state index contributed by atoms with van der Waals surface area (Å²) >= 11 is 1.42. The first-order valence-electron chi connectivity index (χ1n) is 5.77. The minimum atomic E-state index is -0.0837. The number of carbonyl (C=O) groups is 1. The molecule has 1 atom stereocenters. The van der Waals surface area contributed by atoms with Crippen molar-refractivity contribution in [3.63, 3.8) is 0 Å². The van der Waals surface area contributed by atoms with Gasteiger partial charge in [-0.05, 0) is 12.5 Å². The lowest BCUT2D eigenvalue weighted by Crippen LogP contribution is -2.33. The number of anilines is 1. The van der Waals surface area contributed by atoms with E-state index in [1.165, 1.54) is 11.3 Å². The molecule has 1 aliphatic rings. The number of nitrogens with zero attached hydrogens (tertiary/aromatic N) is 4. The summed E-state index contributed by atoms with van der Waals surface area (Å²) in [6.07, 6.45) is 6.31. The van der Waals surface area contributed by atoms with Crippen LogP contribution < -0.4 is 5.32 Å². The Morgan fingerprint density at radius 2 is 2.44 bits per heavy atom. The average Bonchev–Trinajstić information content (AvgIpc) is 3.11. The molecule has 1 fully saturated rings. The van der Waals surface area contributed by atoms with Crippen molar-refractivity contribution in [2.24, 2.45) is 0 Å². The highest BCUT2D eigenvalue weighted by atomic mass is 32.1. The molecule has 2 amide bonds. The highest BCUT2D eigenvalue weighted by Gasteiger charge is 2.27. The standard InChI is InChI=1S/C11H13N5OS/c17-11(14-10-12-4-7-18-10)15-6-2-9(8-15)16-5-1-3-13-16/h1,3-5,7,9H,2,6,8H2,(H,12,14,17). The van der Waals surface area contributed by atoms with E-state index in [1.54, 1.807) is 17.3 Å². The van der Waals surface area contributed by atoms with E-state index < -0.39 is 0 Å². The highest BCUT2D eigenvalue weighted by molar-refractivity contribution is 7.13. The first-order valence-corrected chi connectivity index (χ1v) is 6.65. The summed E-state index contributed by atoms with van der Waals surface area (Å²) in [7, 11) is 0. The van der Waals surface area contributed by atoms with E-state index in [1.807, 2.05) is 22.3 Å². The summed E-state index contributed by atoms with van der Waals surface area (Å²) in [6.45, 7) is 1.45. The topological polar surface area (TPSA) is 63.1 Å². The molecule has 94 valence electrons. The van der Waals surface area contributed by atoms with Crippen LogP contribution in [0.3, 0.4) is 0 Å². The van der Waals surface area contributed by atoms with Crippen molar-refractivity contribution in [2.45, 2.75) is 12.5 Å². The Labute approximate surface area is 108 Å². The Morgan fingerprint density at radius 1 is 1.50 bits per heavy atom. The molecule has 18 heavy (non-hydrogen) atoms. The van der Waals surface area contributed by atoms with Gasteiger partial charge in [0, 0.05) is 37.1 Å². The van der Waals surface area contributed by atoms with Gasteiger partial charge in [0.2, 0.25) is 0 Å². The van der Waals surface area contributed by atoms with E-state index in [4.69, 9.17) is 0 Å². The average molecular weight is 263 g/mol. The van der Waals surface area contributed by atoms with E-state index >= 15 is 0 Å². The number of nitrogens with one attached hydrogen (secondary N) is 1. The zero-order valence-corrected chi connectivity index (χ0v) is 10.5. The smallest absolute Gasteiger partial charge is 0.322 e. The van der Waals surface area contributed by atoms with E-state index in [9.17, 15) is 4.79 Å². The molecule has 0 bridgehead atoms. The third-order valence-corrected chi connectivity index (χ3v) is 3.68. The van der Waals surface area contributed by atoms with Crippen molar-refractivity contribution >= 4 is 22.5 Å². The fourth-order valence-electron chi connectivity index (χ4n) is 2.09. The van der Waals surface area contributed by atoms with Gasteiger partial charge in [-0.2, -0.15) is 5.10 Å². The Morgan fingerprint density at radius 3 is 3.17 bits per heavy atom. The van der Waals surface area contributed by atoms with Gasteiger partial charge in [0.05, 0.1) is 6.04 Å². The quantitative estimate of drug-likeness (QED) is 0.899. The first-order chi connectivity index (χ1) is 8.83. The summed E-state index contributed by atoms with van der Waals surface area (Å²) in [5.74, 6) is 0. The largest absolute Gasteiger partial charge is 0.323 e. The van der Waals surface area contributed by atoms with Crippen LogP contribution in [0.25, 0.3) is 0 Å². The van der Waals surface area contributed by atoms with Crippen LogP contribution in [0.4, 0.5) is 9.93 Å². The van der Waals surface area contributed by atoms with Crippen LogP contribution in [0.15, 0.2) is 30.0 Å². The molecule has 1 N–H and O–H groups in total.